The van der Waals surface area contributed by atoms with Gasteiger partial charge in [-0.1, -0.05) is 24.8 Å². The Balaban J connectivity index is 1.94. The van der Waals surface area contributed by atoms with Crippen molar-refractivity contribution in [3.63, 3.8) is 0 Å². The summed E-state index contributed by atoms with van der Waals surface area (Å²) in [5, 5.41) is -13.6. The minimum Gasteiger partial charge on any atom is -0.427 e. The van der Waals surface area contributed by atoms with Crippen LogP contribution < -0.4 is 8.92 Å². The van der Waals surface area contributed by atoms with Gasteiger partial charge in [-0.2, -0.15) is 43.2 Å². The fourth-order valence-electron chi connectivity index (χ4n) is 2.52. The number of alkyl halides is 6. The van der Waals surface area contributed by atoms with Crippen LogP contribution in [0.2, 0.25) is 0 Å². The second kappa shape index (κ2) is 11.5. The van der Waals surface area contributed by atoms with Gasteiger partial charge < -0.3 is 8.92 Å². The van der Waals surface area contributed by atoms with Crippen LogP contribution in [0.25, 0.3) is 6.08 Å². The van der Waals surface area contributed by atoms with Gasteiger partial charge in [-0.15, -0.1) is 11.8 Å². The van der Waals surface area contributed by atoms with E-state index in [0.717, 1.165) is 41.6 Å². The molecule has 0 unspecified atom stereocenters. The van der Waals surface area contributed by atoms with E-state index >= 15 is 0 Å². The van der Waals surface area contributed by atoms with Crippen LogP contribution in [-0.4, -0.2) is 49.5 Å². The highest BCUT2D eigenvalue weighted by atomic mass is 32.2. The summed E-state index contributed by atoms with van der Waals surface area (Å²) in [6.07, 6.45) is 1.99. The van der Waals surface area contributed by atoms with E-state index in [2.05, 4.69) is 10.8 Å². The zero-order valence-corrected chi connectivity index (χ0v) is 21.3. The lowest BCUT2D eigenvalue weighted by atomic mass is 10.2. The summed E-state index contributed by atoms with van der Waals surface area (Å²) in [6, 6.07) is 10.3. The largest absolute Gasteiger partial charge is 0.450 e. The monoisotopic (exact) mass is 608 g/mol. The number of halogens is 6. The van der Waals surface area contributed by atoms with Crippen molar-refractivity contribution in [2.75, 3.05) is 5.75 Å². The lowest BCUT2D eigenvalue weighted by molar-refractivity contribution is -0.247. The van der Waals surface area contributed by atoms with Gasteiger partial charge in [0.05, 0.1) is 0 Å². The first kappa shape index (κ1) is 31.5. The first-order valence-corrected chi connectivity index (χ1v) is 13.9. The summed E-state index contributed by atoms with van der Waals surface area (Å²) in [4.78, 5) is 12.3. The molecule has 0 fully saturated rings. The van der Waals surface area contributed by atoms with Gasteiger partial charge in [-0.05, 0) is 54.1 Å². The van der Waals surface area contributed by atoms with Crippen LogP contribution in [0.3, 0.4) is 0 Å². The number of carbonyl (C=O) groups is 1. The van der Waals surface area contributed by atoms with E-state index in [9.17, 15) is 48.0 Å². The summed E-state index contributed by atoms with van der Waals surface area (Å²) in [6.45, 7) is 3.60. The summed E-state index contributed by atoms with van der Waals surface area (Å²) in [7, 11) is -14.0. The zero-order valence-electron chi connectivity index (χ0n) is 18.8. The summed E-state index contributed by atoms with van der Waals surface area (Å²) >= 11 is 1.13. The van der Waals surface area contributed by atoms with Crippen molar-refractivity contribution in [3.05, 3.63) is 60.7 Å². The fraction of sp³-hybridized carbons (Fsp3) is 0.286. The fourth-order valence-corrected chi connectivity index (χ4v) is 4.80. The lowest BCUT2D eigenvalue weighted by Crippen LogP contribution is -2.61. The molecule has 2 rings (SSSR count). The van der Waals surface area contributed by atoms with Gasteiger partial charge in [0.25, 0.3) is 0 Å². The van der Waals surface area contributed by atoms with Crippen LogP contribution >= 0.6 is 11.8 Å². The third-order valence-corrected chi connectivity index (χ3v) is 7.84. The molecule has 0 saturated carbocycles. The Morgan fingerprint density at radius 1 is 0.895 bits per heavy atom. The van der Waals surface area contributed by atoms with Gasteiger partial charge in [-0.3, -0.25) is 9.35 Å². The van der Waals surface area contributed by atoms with E-state index in [-0.39, 0.29) is 6.42 Å². The van der Waals surface area contributed by atoms with E-state index in [1.54, 1.807) is 30.3 Å². The maximum absolute atomic E-state index is 13.8. The quantitative estimate of drug-likeness (QED) is 0.0620. The standard InChI is InChI=1S/C21H18F6O8S3/c1-2-14-5-7-15(8-6-14)34-18(28)4-3-13-36-17-11-9-16(10-12-17)35-38(32,33)21(26,27)19(22,23)20(24,25)37(29,30)31/h2,5-12H,1,3-4,13H2,(H,29,30,31). The van der Waals surface area contributed by atoms with Crippen molar-refractivity contribution in [1.29, 1.82) is 0 Å². The molecule has 0 bridgehead atoms. The van der Waals surface area contributed by atoms with Crippen LogP contribution in [0.15, 0.2) is 60.0 Å². The number of benzene rings is 2. The van der Waals surface area contributed by atoms with Crippen molar-refractivity contribution in [2.45, 2.75) is 34.2 Å². The van der Waals surface area contributed by atoms with Crippen LogP contribution in [0.1, 0.15) is 18.4 Å². The van der Waals surface area contributed by atoms with Crippen LogP contribution in [0.5, 0.6) is 11.5 Å². The number of rotatable bonds is 13. The first-order chi connectivity index (χ1) is 17.4. The summed E-state index contributed by atoms with van der Waals surface area (Å²) < 4.78 is 143. The number of hydrogen-bond donors (Lipinski definition) is 1. The third kappa shape index (κ3) is 6.81. The topological polar surface area (TPSA) is 124 Å². The average Bonchev–Trinajstić information content (AvgIpc) is 2.82. The average molecular weight is 609 g/mol. The van der Waals surface area contributed by atoms with Crippen molar-refractivity contribution < 1.29 is 61.4 Å². The molecule has 0 heterocycles. The molecule has 8 nitrogen and oxygen atoms in total. The molecule has 0 aliphatic carbocycles. The highest BCUT2D eigenvalue weighted by Crippen LogP contribution is 2.50. The molecule has 210 valence electrons. The minimum atomic E-state index is -7.14. The smallest absolute Gasteiger partial charge is 0.427 e. The van der Waals surface area contributed by atoms with E-state index < -0.39 is 48.4 Å². The molecule has 0 saturated heterocycles. The van der Waals surface area contributed by atoms with Gasteiger partial charge >= 0.3 is 42.6 Å². The molecular weight excluding hydrogens is 590 g/mol. The third-order valence-electron chi connectivity index (χ3n) is 4.54. The maximum atomic E-state index is 13.8. The Kier molecular flexibility index (Phi) is 9.56. The Morgan fingerprint density at radius 3 is 1.92 bits per heavy atom. The van der Waals surface area contributed by atoms with Crippen molar-refractivity contribution >= 4 is 44.0 Å². The highest BCUT2D eigenvalue weighted by molar-refractivity contribution is 7.99. The van der Waals surface area contributed by atoms with E-state index in [1.807, 2.05) is 0 Å². The molecule has 17 heteroatoms. The molecule has 0 amide bonds. The van der Waals surface area contributed by atoms with Gasteiger partial charge in [0.15, 0.2) is 0 Å². The molecule has 0 aliphatic rings. The first-order valence-electron chi connectivity index (χ1n) is 10.1. The molecule has 0 radical (unpaired) electrons. The van der Waals surface area contributed by atoms with E-state index in [4.69, 9.17) is 9.29 Å². The van der Waals surface area contributed by atoms with Gasteiger partial charge in [0, 0.05) is 11.3 Å². The zero-order chi connectivity index (χ0) is 29.0. The predicted molar refractivity (Wildman–Crippen MR) is 125 cm³/mol. The van der Waals surface area contributed by atoms with Crippen LogP contribution in [0, 0.1) is 0 Å². The van der Waals surface area contributed by atoms with Gasteiger partial charge in [0.1, 0.15) is 11.5 Å². The van der Waals surface area contributed by atoms with Gasteiger partial charge in [-0.25, -0.2) is 0 Å². The van der Waals surface area contributed by atoms with E-state index in [0.29, 0.717) is 22.8 Å². The van der Waals surface area contributed by atoms with Gasteiger partial charge in [0.2, 0.25) is 0 Å². The molecule has 0 spiro atoms. The van der Waals surface area contributed by atoms with Crippen molar-refractivity contribution in [2.24, 2.45) is 0 Å². The summed E-state index contributed by atoms with van der Waals surface area (Å²) in [5.41, 5.74) is 0.834. The minimum absolute atomic E-state index is 0.0349. The molecular formula is C21H18F6O8S3. The Bertz CT molecular complexity index is 1360. The summed E-state index contributed by atoms with van der Waals surface area (Å²) in [5.74, 6) is -7.91. The highest BCUT2D eigenvalue weighted by Gasteiger charge is 2.83. The number of hydrogen-bond acceptors (Lipinski definition) is 8. The van der Waals surface area contributed by atoms with Crippen LogP contribution in [0.4, 0.5) is 26.3 Å². The Hall–Kier alpha value is -2.76. The maximum Gasteiger partial charge on any atom is 0.450 e. The lowest BCUT2D eigenvalue weighted by Gasteiger charge is -2.29. The van der Waals surface area contributed by atoms with Crippen molar-refractivity contribution in [3.8, 4) is 11.5 Å². The normalized spacial score (nSPS) is 13.1. The molecule has 2 aromatic rings. The van der Waals surface area contributed by atoms with Crippen LogP contribution in [-0.2, 0) is 25.0 Å². The molecule has 1 N–H and O–H groups in total. The Morgan fingerprint density at radius 2 is 1.42 bits per heavy atom. The second-order valence-electron chi connectivity index (χ2n) is 7.29. The number of thioether (sulfide) groups is 1. The molecule has 0 aromatic heterocycles. The molecule has 0 aliphatic heterocycles. The predicted octanol–water partition coefficient (Wildman–Crippen LogP) is 5.22. The number of esters is 1. The molecule has 2 aromatic carbocycles. The van der Waals surface area contributed by atoms with Crippen molar-refractivity contribution in [1.82, 2.24) is 0 Å². The van der Waals surface area contributed by atoms with E-state index in [1.165, 1.54) is 0 Å². The Labute approximate surface area is 217 Å². The second-order valence-corrected chi connectivity index (χ2v) is 11.5. The SMILES string of the molecule is C=Cc1ccc(OC(=O)CCCSc2ccc(OS(=O)(=O)C(F)(F)C(F)(F)C(F)(F)S(=O)(=O)O)cc2)cc1. The number of carbonyl (C=O) groups excluding carboxylic acids is 1. The molecule has 38 heavy (non-hydrogen) atoms. The molecule has 0 atom stereocenters. The number of ether oxygens (including phenoxy) is 1.